The van der Waals surface area contributed by atoms with E-state index in [1.807, 2.05) is 0 Å². The van der Waals surface area contributed by atoms with E-state index in [1.165, 1.54) is 25.3 Å². The zero-order valence-corrected chi connectivity index (χ0v) is 16.3. The Kier molecular flexibility index (Phi) is 3.96. The van der Waals surface area contributed by atoms with Crippen molar-refractivity contribution in [2.75, 3.05) is 5.32 Å². The zero-order chi connectivity index (χ0) is 18.8. The molecule has 0 spiro atoms. The molecule has 5 nitrogen and oxygen atoms in total. The fraction of sp³-hybridized carbons (Fsp3) is 0.500. The second-order valence-corrected chi connectivity index (χ2v) is 9.33. The average molecular weight is 406 g/mol. The van der Waals surface area contributed by atoms with Gasteiger partial charge >= 0.3 is 0 Å². The summed E-state index contributed by atoms with van der Waals surface area (Å²) >= 11 is 12.4. The predicted octanol–water partition coefficient (Wildman–Crippen LogP) is 4.92. The lowest BCUT2D eigenvalue weighted by Gasteiger charge is -2.56. The van der Waals surface area contributed by atoms with Crippen LogP contribution in [-0.4, -0.2) is 14.9 Å². The van der Waals surface area contributed by atoms with Crippen LogP contribution in [0.25, 0.3) is 0 Å². The van der Waals surface area contributed by atoms with Crippen molar-refractivity contribution in [3.05, 3.63) is 44.8 Å². The quantitative estimate of drug-likeness (QED) is 0.710. The van der Waals surface area contributed by atoms with Crippen LogP contribution < -0.4 is 10.9 Å². The molecule has 7 heteroatoms. The third-order valence-corrected chi connectivity index (χ3v) is 7.20. The van der Waals surface area contributed by atoms with Crippen LogP contribution in [0.4, 0.5) is 11.4 Å². The molecule has 0 radical (unpaired) electrons. The molecule has 6 rings (SSSR count). The van der Waals surface area contributed by atoms with Gasteiger partial charge in [0.2, 0.25) is 0 Å². The smallest absolute Gasteiger partial charge is 0.288 e. The molecule has 0 amide bonds. The van der Waals surface area contributed by atoms with E-state index < -0.39 is 0 Å². The van der Waals surface area contributed by atoms with Crippen molar-refractivity contribution in [3.63, 3.8) is 0 Å². The number of aromatic nitrogens is 2. The van der Waals surface area contributed by atoms with Gasteiger partial charge < -0.3 is 10.4 Å². The molecular formula is C20H21Cl2N3O2. The van der Waals surface area contributed by atoms with Crippen molar-refractivity contribution in [2.24, 2.45) is 17.8 Å². The minimum Gasteiger partial charge on any atom is -0.506 e. The van der Waals surface area contributed by atoms with Crippen LogP contribution in [0.5, 0.6) is 5.75 Å². The number of hydrogen-bond acceptors (Lipinski definition) is 4. The first-order chi connectivity index (χ1) is 12.9. The van der Waals surface area contributed by atoms with E-state index in [0.29, 0.717) is 34.2 Å². The van der Waals surface area contributed by atoms with E-state index in [9.17, 15) is 9.90 Å². The summed E-state index contributed by atoms with van der Waals surface area (Å²) < 4.78 is 1.66. The molecule has 27 heavy (non-hydrogen) atoms. The molecule has 4 bridgehead atoms. The van der Waals surface area contributed by atoms with Gasteiger partial charge in [-0.05, 0) is 74.5 Å². The van der Waals surface area contributed by atoms with Crippen molar-refractivity contribution >= 4 is 34.6 Å². The number of nitrogens with one attached hydrogen (secondary N) is 1. The van der Waals surface area contributed by atoms with Crippen molar-refractivity contribution < 1.29 is 5.11 Å². The fourth-order valence-corrected chi connectivity index (χ4v) is 6.28. The summed E-state index contributed by atoms with van der Waals surface area (Å²) in [5, 5.41) is 18.1. The Labute approximate surface area is 167 Å². The minimum absolute atomic E-state index is 0.0285. The van der Waals surface area contributed by atoms with Crippen LogP contribution in [0.1, 0.15) is 38.5 Å². The van der Waals surface area contributed by atoms with Gasteiger partial charge in [0.1, 0.15) is 10.8 Å². The number of nitrogens with zero attached hydrogens (tertiary/aromatic N) is 2. The zero-order valence-electron chi connectivity index (χ0n) is 14.8. The molecule has 0 aliphatic heterocycles. The van der Waals surface area contributed by atoms with E-state index in [0.717, 1.165) is 19.3 Å². The molecule has 1 aromatic heterocycles. The molecule has 4 saturated carbocycles. The molecule has 2 aromatic rings. The van der Waals surface area contributed by atoms with Gasteiger partial charge in [0.25, 0.3) is 5.56 Å². The van der Waals surface area contributed by atoms with Crippen LogP contribution in [0.15, 0.2) is 29.2 Å². The minimum atomic E-state index is -0.259. The Morgan fingerprint density at radius 1 is 1.07 bits per heavy atom. The monoisotopic (exact) mass is 405 g/mol. The lowest BCUT2D eigenvalue weighted by atomic mass is 9.53. The first-order valence-electron chi connectivity index (χ1n) is 9.47. The Balaban J connectivity index is 1.51. The summed E-state index contributed by atoms with van der Waals surface area (Å²) in [7, 11) is 0. The van der Waals surface area contributed by atoms with Gasteiger partial charge in [-0.1, -0.05) is 23.2 Å². The number of anilines is 2. The topological polar surface area (TPSA) is 67.2 Å². The number of benzene rings is 1. The Morgan fingerprint density at radius 2 is 1.70 bits per heavy atom. The summed E-state index contributed by atoms with van der Waals surface area (Å²) in [6.45, 7) is 0. The molecule has 142 valence electrons. The summed E-state index contributed by atoms with van der Waals surface area (Å²) in [5.41, 5.74) is 0.329. The third kappa shape index (κ3) is 2.83. The summed E-state index contributed by atoms with van der Waals surface area (Å²) in [6, 6.07) is 4.66. The maximum absolute atomic E-state index is 13.1. The Hall–Kier alpha value is -1.72. The van der Waals surface area contributed by atoms with Crippen molar-refractivity contribution in [3.8, 4) is 5.75 Å². The average Bonchev–Trinajstić information content (AvgIpc) is 2.61. The van der Waals surface area contributed by atoms with Gasteiger partial charge in [-0.25, -0.2) is 4.68 Å². The molecule has 0 atom stereocenters. The highest BCUT2D eigenvalue weighted by atomic mass is 35.5. The maximum Gasteiger partial charge on any atom is 0.288 e. The van der Waals surface area contributed by atoms with Gasteiger partial charge in [0.05, 0.1) is 23.1 Å². The number of hydrogen-bond donors (Lipinski definition) is 2. The molecule has 0 saturated heterocycles. The predicted molar refractivity (Wildman–Crippen MR) is 106 cm³/mol. The molecular weight excluding hydrogens is 385 g/mol. The number of halogens is 2. The maximum atomic E-state index is 13.1. The second kappa shape index (κ2) is 6.14. The van der Waals surface area contributed by atoms with E-state index in [2.05, 4.69) is 10.4 Å². The molecule has 4 aliphatic carbocycles. The Bertz CT molecular complexity index is 937. The second-order valence-electron chi connectivity index (χ2n) is 8.52. The molecule has 1 heterocycles. The molecule has 4 aliphatic rings. The summed E-state index contributed by atoms with van der Waals surface area (Å²) in [5.74, 6) is 2.17. The fourth-order valence-electron chi connectivity index (χ4n) is 5.94. The lowest BCUT2D eigenvalue weighted by molar-refractivity contribution is -0.0518. The summed E-state index contributed by atoms with van der Waals surface area (Å²) in [4.78, 5) is 13.1. The number of phenols is 1. The van der Waals surface area contributed by atoms with Crippen LogP contribution in [0.2, 0.25) is 10.0 Å². The molecule has 1 aromatic carbocycles. The van der Waals surface area contributed by atoms with Gasteiger partial charge in [-0.3, -0.25) is 4.79 Å². The van der Waals surface area contributed by atoms with Crippen molar-refractivity contribution in [1.82, 2.24) is 9.78 Å². The van der Waals surface area contributed by atoms with Gasteiger partial charge in [0, 0.05) is 5.02 Å². The third-order valence-electron chi connectivity index (χ3n) is 6.60. The van der Waals surface area contributed by atoms with E-state index >= 15 is 0 Å². The highest BCUT2D eigenvalue weighted by Gasteiger charge is 2.53. The number of aromatic hydroxyl groups is 1. The van der Waals surface area contributed by atoms with Crippen LogP contribution in [0, 0.1) is 17.8 Å². The van der Waals surface area contributed by atoms with Crippen LogP contribution >= 0.6 is 23.2 Å². The van der Waals surface area contributed by atoms with Gasteiger partial charge in [-0.15, -0.1) is 0 Å². The first-order valence-corrected chi connectivity index (χ1v) is 10.2. The Morgan fingerprint density at radius 3 is 2.33 bits per heavy atom. The van der Waals surface area contributed by atoms with Crippen LogP contribution in [-0.2, 0) is 5.54 Å². The SMILES string of the molecule is O=c1c(Cl)c(Nc2cc(Cl)ccc2O)cnn1C12CC3CC(CC(C3)C1)C2. The molecule has 0 unspecified atom stereocenters. The first kappa shape index (κ1) is 17.4. The van der Waals surface area contributed by atoms with Gasteiger partial charge in [-0.2, -0.15) is 5.10 Å². The molecule has 2 N–H and O–H groups in total. The number of phenolic OH excluding ortho intramolecular Hbond substituents is 1. The normalized spacial score (nSPS) is 31.3. The van der Waals surface area contributed by atoms with E-state index in [4.69, 9.17) is 23.2 Å². The lowest BCUT2D eigenvalue weighted by Crippen LogP contribution is -2.55. The number of rotatable bonds is 3. The van der Waals surface area contributed by atoms with Gasteiger partial charge in [0.15, 0.2) is 0 Å². The summed E-state index contributed by atoms with van der Waals surface area (Å²) in [6.07, 6.45) is 8.58. The van der Waals surface area contributed by atoms with Crippen LogP contribution in [0.3, 0.4) is 0 Å². The standard InChI is InChI=1S/C20H21Cl2N3O2/c21-14-1-2-17(26)15(6-14)24-16-10-23-25(19(27)18(16)22)20-7-11-3-12(8-20)5-13(4-11)9-20/h1-2,6,10-13,24,26H,3-5,7-9H2. The van der Waals surface area contributed by atoms with E-state index in [1.54, 1.807) is 23.0 Å². The highest BCUT2D eigenvalue weighted by molar-refractivity contribution is 6.33. The van der Waals surface area contributed by atoms with Crippen molar-refractivity contribution in [1.29, 1.82) is 0 Å². The highest BCUT2D eigenvalue weighted by Crippen LogP contribution is 2.58. The largest absolute Gasteiger partial charge is 0.506 e. The van der Waals surface area contributed by atoms with Crippen molar-refractivity contribution in [2.45, 2.75) is 44.1 Å². The van der Waals surface area contributed by atoms with E-state index in [-0.39, 0.29) is 21.9 Å². The molecule has 4 fully saturated rings.